The summed E-state index contributed by atoms with van der Waals surface area (Å²) in [5.74, 6) is -0.315. The van der Waals surface area contributed by atoms with Gasteiger partial charge in [-0.3, -0.25) is 4.79 Å². The number of amides is 1. The molecule has 0 radical (unpaired) electrons. The van der Waals surface area contributed by atoms with Gasteiger partial charge in [0.15, 0.2) is 4.67 Å². The van der Waals surface area contributed by atoms with Crippen LogP contribution in [0, 0.1) is 5.82 Å². The van der Waals surface area contributed by atoms with Crippen LogP contribution in [0.5, 0.6) is 0 Å². The average molecular weight is 391 g/mol. The summed E-state index contributed by atoms with van der Waals surface area (Å²) in [5, 5.41) is 0. The number of nitrogens with zero attached hydrogens (tertiary/aromatic N) is 1. The molecule has 0 aliphatic rings. The van der Waals surface area contributed by atoms with E-state index in [1.807, 2.05) is 0 Å². The van der Waals surface area contributed by atoms with Crippen molar-refractivity contribution in [1.82, 2.24) is 4.90 Å². The SMILES string of the molecule is CN(Cc1ccc(Br)o1)C(=O)c1cc(Br)ccc1F. The van der Waals surface area contributed by atoms with Crippen molar-refractivity contribution in [2.45, 2.75) is 6.54 Å². The molecule has 0 atom stereocenters. The number of benzene rings is 1. The Morgan fingerprint density at radius 2 is 2.05 bits per heavy atom. The van der Waals surface area contributed by atoms with Crippen LogP contribution in [-0.2, 0) is 6.54 Å². The normalized spacial score (nSPS) is 10.5. The first-order chi connectivity index (χ1) is 8.97. The van der Waals surface area contributed by atoms with Crippen LogP contribution in [0.4, 0.5) is 4.39 Å². The van der Waals surface area contributed by atoms with Gasteiger partial charge in [-0.15, -0.1) is 0 Å². The van der Waals surface area contributed by atoms with Crippen molar-refractivity contribution in [2.75, 3.05) is 7.05 Å². The van der Waals surface area contributed by atoms with E-state index in [1.54, 1.807) is 25.2 Å². The molecule has 3 nitrogen and oxygen atoms in total. The Balaban J connectivity index is 2.16. The van der Waals surface area contributed by atoms with Crippen LogP contribution in [0.15, 0.2) is 43.9 Å². The lowest BCUT2D eigenvalue weighted by molar-refractivity contribution is 0.0770. The molecule has 100 valence electrons. The Morgan fingerprint density at radius 3 is 2.68 bits per heavy atom. The molecule has 1 amide bonds. The summed E-state index contributed by atoms with van der Waals surface area (Å²) in [7, 11) is 1.60. The quantitative estimate of drug-likeness (QED) is 0.786. The van der Waals surface area contributed by atoms with Crippen molar-refractivity contribution < 1.29 is 13.6 Å². The molecule has 0 unspecified atom stereocenters. The van der Waals surface area contributed by atoms with Gasteiger partial charge in [0.1, 0.15) is 11.6 Å². The van der Waals surface area contributed by atoms with E-state index in [9.17, 15) is 9.18 Å². The van der Waals surface area contributed by atoms with E-state index in [0.29, 0.717) is 14.9 Å². The lowest BCUT2D eigenvalue weighted by Crippen LogP contribution is -2.26. The van der Waals surface area contributed by atoms with Crippen molar-refractivity contribution in [3.63, 3.8) is 0 Å². The summed E-state index contributed by atoms with van der Waals surface area (Å²) in [6.45, 7) is 0.274. The third kappa shape index (κ3) is 3.45. The number of hydrogen-bond acceptors (Lipinski definition) is 2. The second-order valence-electron chi connectivity index (χ2n) is 3.99. The standard InChI is InChI=1S/C13H10Br2FNO2/c1-17(7-9-3-5-12(15)19-9)13(18)10-6-8(14)2-4-11(10)16/h2-6H,7H2,1H3. The molecule has 0 aliphatic heterocycles. The maximum absolute atomic E-state index is 13.6. The predicted molar refractivity (Wildman–Crippen MR) is 76.3 cm³/mol. The van der Waals surface area contributed by atoms with Crippen molar-refractivity contribution in [3.05, 3.63) is 56.6 Å². The van der Waals surface area contributed by atoms with E-state index in [0.717, 1.165) is 0 Å². The highest BCUT2D eigenvalue weighted by Crippen LogP contribution is 2.19. The molecule has 19 heavy (non-hydrogen) atoms. The number of carbonyl (C=O) groups excluding carboxylic acids is 1. The van der Waals surface area contributed by atoms with Gasteiger partial charge in [-0.2, -0.15) is 0 Å². The molecule has 0 bridgehead atoms. The molecule has 0 fully saturated rings. The van der Waals surface area contributed by atoms with Gasteiger partial charge in [0.2, 0.25) is 0 Å². The van der Waals surface area contributed by atoms with Crippen molar-refractivity contribution in [1.29, 1.82) is 0 Å². The maximum atomic E-state index is 13.6. The molecular weight excluding hydrogens is 381 g/mol. The second-order valence-corrected chi connectivity index (χ2v) is 5.69. The van der Waals surface area contributed by atoms with Gasteiger partial charge in [-0.25, -0.2) is 4.39 Å². The Hall–Kier alpha value is -1.14. The second kappa shape index (κ2) is 5.88. The number of carbonyl (C=O) groups is 1. The molecular formula is C13H10Br2FNO2. The van der Waals surface area contributed by atoms with E-state index in [1.165, 1.54) is 17.0 Å². The molecule has 1 aromatic heterocycles. The van der Waals surface area contributed by atoms with Gasteiger partial charge in [-0.05, 0) is 46.3 Å². The van der Waals surface area contributed by atoms with E-state index in [2.05, 4.69) is 31.9 Å². The van der Waals surface area contributed by atoms with Crippen LogP contribution in [0.1, 0.15) is 16.1 Å². The molecule has 2 rings (SSSR count). The van der Waals surface area contributed by atoms with Crippen LogP contribution < -0.4 is 0 Å². The van der Waals surface area contributed by atoms with Crippen molar-refractivity contribution >= 4 is 37.8 Å². The molecule has 6 heteroatoms. The number of rotatable bonds is 3. The lowest BCUT2D eigenvalue weighted by atomic mass is 10.2. The van der Waals surface area contributed by atoms with E-state index < -0.39 is 11.7 Å². The van der Waals surface area contributed by atoms with Crippen LogP contribution in [0.2, 0.25) is 0 Å². The first-order valence-electron chi connectivity index (χ1n) is 5.42. The summed E-state index contributed by atoms with van der Waals surface area (Å²) in [4.78, 5) is 13.5. The monoisotopic (exact) mass is 389 g/mol. The summed E-state index contributed by atoms with van der Waals surface area (Å²) in [5.41, 5.74) is 0.0301. The fourth-order valence-electron chi connectivity index (χ4n) is 1.61. The molecule has 2 aromatic rings. The Labute approximate surface area is 126 Å². The number of hydrogen-bond donors (Lipinski definition) is 0. The predicted octanol–water partition coefficient (Wildman–Crippen LogP) is 4.22. The number of furan rings is 1. The smallest absolute Gasteiger partial charge is 0.257 e. The third-order valence-corrected chi connectivity index (χ3v) is 3.45. The zero-order valence-electron chi connectivity index (χ0n) is 9.99. The molecule has 0 aliphatic carbocycles. The molecule has 1 aromatic carbocycles. The largest absolute Gasteiger partial charge is 0.452 e. The lowest BCUT2D eigenvalue weighted by Gasteiger charge is -2.16. The molecule has 1 heterocycles. The Bertz CT molecular complexity index is 612. The number of halogens is 3. The Morgan fingerprint density at radius 1 is 1.32 bits per heavy atom. The van der Waals surface area contributed by atoms with Gasteiger partial charge in [0.05, 0.1) is 12.1 Å². The third-order valence-electron chi connectivity index (χ3n) is 2.53. The summed E-state index contributed by atoms with van der Waals surface area (Å²) in [6.07, 6.45) is 0. The topological polar surface area (TPSA) is 33.5 Å². The van der Waals surface area contributed by atoms with Gasteiger partial charge in [0, 0.05) is 11.5 Å². The van der Waals surface area contributed by atoms with Gasteiger partial charge >= 0.3 is 0 Å². The van der Waals surface area contributed by atoms with Crippen LogP contribution in [0.3, 0.4) is 0 Å². The van der Waals surface area contributed by atoms with Gasteiger partial charge < -0.3 is 9.32 Å². The van der Waals surface area contributed by atoms with Crippen molar-refractivity contribution in [3.8, 4) is 0 Å². The highest BCUT2D eigenvalue weighted by molar-refractivity contribution is 9.10. The highest BCUT2D eigenvalue weighted by atomic mass is 79.9. The van der Waals surface area contributed by atoms with Crippen LogP contribution in [0.25, 0.3) is 0 Å². The summed E-state index contributed by atoms with van der Waals surface area (Å²) >= 11 is 6.41. The molecule has 0 spiro atoms. The van der Waals surface area contributed by atoms with Crippen LogP contribution in [-0.4, -0.2) is 17.9 Å². The first kappa shape index (κ1) is 14.3. The first-order valence-corrected chi connectivity index (χ1v) is 7.00. The minimum atomic E-state index is -0.541. The minimum absolute atomic E-state index is 0.0301. The van der Waals surface area contributed by atoms with Crippen molar-refractivity contribution in [2.24, 2.45) is 0 Å². The Kier molecular flexibility index (Phi) is 4.42. The molecule has 0 saturated heterocycles. The van der Waals surface area contributed by atoms with E-state index >= 15 is 0 Å². The zero-order valence-corrected chi connectivity index (χ0v) is 13.2. The fraction of sp³-hybridized carbons (Fsp3) is 0.154. The maximum Gasteiger partial charge on any atom is 0.257 e. The van der Waals surface area contributed by atoms with Gasteiger partial charge in [-0.1, -0.05) is 15.9 Å². The summed E-state index contributed by atoms with van der Waals surface area (Å²) < 4.78 is 20.2. The minimum Gasteiger partial charge on any atom is -0.452 e. The zero-order chi connectivity index (χ0) is 14.0. The van der Waals surface area contributed by atoms with E-state index in [4.69, 9.17) is 4.42 Å². The van der Waals surface area contributed by atoms with Gasteiger partial charge in [0.25, 0.3) is 5.91 Å². The summed E-state index contributed by atoms with van der Waals surface area (Å²) in [6, 6.07) is 7.77. The molecule has 0 saturated carbocycles. The fourth-order valence-corrected chi connectivity index (χ4v) is 2.31. The van der Waals surface area contributed by atoms with E-state index in [-0.39, 0.29) is 12.1 Å². The molecule has 0 N–H and O–H groups in total. The highest BCUT2D eigenvalue weighted by Gasteiger charge is 2.17. The van der Waals surface area contributed by atoms with Crippen LogP contribution >= 0.6 is 31.9 Å². The average Bonchev–Trinajstić information content (AvgIpc) is 2.77.